The molecular formula is C20H28N4. The summed E-state index contributed by atoms with van der Waals surface area (Å²) in [5.74, 6) is 0. The molecule has 0 radical (unpaired) electrons. The van der Waals surface area contributed by atoms with Crippen molar-refractivity contribution in [3.05, 3.63) is 47.3 Å². The molecule has 0 atom stereocenters. The molecule has 0 aliphatic carbocycles. The van der Waals surface area contributed by atoms with Crippen molar-refractivity contribution in [2.45, 2.75) is 45.7 Å². The number of nitrogens with zero attached hydrogens (tertiary/aromatic N) is 4. The first kappa shape index (κ1) is 15.7. The van der Waals surface area contributed by atoms with Gasteiger partial charge in [0.05, 0.1) is 11.7 Å². The predicted octanol–water partition coefficient (Wildman–Crippen LogP) is 3.33. The van der Waals surface area contributed by atoms with Gasteiger partial charge in [-0.2, -0.15) is 5.10 Å². The molecule has 128 valence electrons. The van der Waals surface area contributed by atoms with E-state index in [0.29, 0.717) is 6.04 Å². The Kier molecular flexibility index (Phi) is 4.09. The summed E-state index contributed by atoms with van der Waals surface area (Å²) in [6, 6.07) is 12.5. The van der Waals surface area contributed by atoms with Gasteiger partial charge < -0.3 is 4.90 Å². The Bertz CT molecular complexity index is 689. The molecule has 3 heterocycles. The van der Waals surface area contributed by atoms with Crippen LogP contribution in [0.4, 0.5) is 5.69 Å². The second-order valence-corrected chi connectivity index (χ2v) is 7.53. The molecule has 1 aromatic carbocycles. The standard InChI is InChI=1S/C20H28N4/c1-15-4-6-18(7-5-15)22-10-8-19(9-11-22)23-13-20(14-23)24-17(3)12-16(2)21-24/h4-7,12,19-20H,8-11,13-14H2,1-3H3. The summed E-state index contributed by atoms with van der Waals surface area (Å²) in [5, 5.41) is 4.65. The first-order chi connectivity index (χ1) is 11.6. The SMILES string of the molecule is Cc1ccc(N2CCC(N3CC(n4nc(C)cc4C)C3)CC2)cc1. The summed E-state index contributed by atoms with van der Waals surface area (Å²) >= 11 is 0. The van der Waals surface area contributed by atoms with Crippen molar-refractivity contribution in [1.82, 2.24) is 14.7 Å². The fourth-order valence-electron chi connectivity index (χ4n) is 4.20. The van der Waals surface area contributed by atoms with Gasteiger partial charge in [0.1, 0.15) is 0 Å². The van der Waals surface area contributed by atoms with Crippen LogP contribution < -0.4 is 4.90 Å². The van der Waals surface area contributed by atoms with E-state index in [4.69, 9.17) is 0 Å². The number of rotatable bonds is 3. The van der Waals surface area contributed by atoms with Gasteiger partial charge in [0.15, 0.2) is 0 Å². The van der Waals surface area contributed by atoms with E-state index in [1.165, 1.54) is 42.9 Å². The summed E-state index contributed by atoms with van der Waals surface area (Å²) in [6.45, 7) is 11.1. The van der Waals surface area contributed by atoms with E-state index in [-0.39, 0.29) is 0 Å². The lowest BCUT2D eigenvalue weighted by molar-refractivity contribution is 0.0407. The Morgan fingerprint density at radius 1 is 0.917 bits per heavy atom. The second kappa shape index (κ2) is 6.25. The summed E-state index contributed by atoms with van der Waals surface area (Å²) in [6.07, 6.45) is 2.55. The molecule has 0 saturated carbocycles. The largest absolute Gasteiger partial charge is 0.371 e. The third-order valence-electron chi connectivity index (χ3n) is 5.66. The van der Waals surface area contributed by atoms with Crippen LogP contribution in [0.25, 0.3) is 0 Å². The van der Waals surface area contributed by atoms with Crippen LogP contribution in [0.1, 0.15) is 35.8 Å². The van der Waals surface area contributed by atoms with Crippen LogP contribution in [-0.2, 0) is 0 Å². The highest BCUT2D eigenvalue weighted by molar-refractivity contribution is 5.47. The molecule has 2 fully saturated rings. The molecule has 0 unspecified atom stereocenters. The van der Waals surface area contributed by atoms with E-state index in [0.717, 1.165) is 24.8 Å². The lowest BCUT2D eigenvalue weighted by Crippen LogP contribution is -2.56. The Morgan fingerprint density at radius 3 is 2.17 bits per heavy atom. The Balaban J connectivity index is 1.30. The molecule has 4 heteroatoms. The lowest BCUT2D eigenvalue weighted by atomic mass is 9.97. The predicted molar refractivity (Wildman–Crippen MR) is 98.7 cm³/mol. The highest BCUT2D eigenvalue weighted by atomic mass is 15.4. The zero-order valence-electron chi connectivity index (χ0n) is 15.1. The third kappa shape index (κ3) is 2.95. The van der Waals surface area contributed by atoms with Crippen molar-refractivity contribution in [2.24, 2.45) is 0 Å². The van der Waals surface area contributed by atoms with Gasteiger partial charge >= 0.3 is 0 Å². The number of hydrogen-bond donors (Lipinski definition) is 0. The van der Waals surface area contributed by atoms with E-state index in [2.05, 4.69) is 70.7 Å². The van der Waals surface area contributed by atoms with Gasteiger partial charge in [0.25, 0.3) is 0 Å². The van der Waals surface area contributed by atoms with Crippen molar-refractivity contribution in [1.29, 1.82) is 0 Å². The average Bonchev–Trinajstić information content (AvgIpc) is 2.86. The number of piperidine rings is 1. The van der Waals surface area contributed by atoms with Gasteiger partial charge in [-0.15, -0.1) is 0 Å². The molecule has 2 aliphatic rings. The molecule has 0 bridgehead atoms. The normalized spacial score (nSPS) is 20.4. The molecule has 2 saturated heterocycles. The second-order valence-electron chi connectivity index (χ2n) is 7.53. The first-order valence-corrected chi connectivity index (χ1v) is 9.18. The molecule has 2 aliphatic heterocycles. The Labute approximate surface area is 145 Å². The van der Waals surface area contributed by atoms with E-state index < -0.39 is 0 Å². The van der Waals surface area contributed by atoms with Gasteiger partial charge in [0.2, 0.25) is 0 Å². The highest BCUT2D eigenvalue weighted by Gasteiger charge is 2.35. The van der Waals surface area contributed by atoms with E-state index in [9.17, 15) is 0 Å². The smallest absolute Gasteiger partial charge is 0.0776 e. The van der Waals surface area contributed by atoms with Crippen LogP contribution >= 0.6 is 0 Å². The fraction of sp³-hybridized carbons (Fsp3) is 0.550. The number of aryl methyl sites for hydroxylation is 3. The van der Waals surface area contributed by atoms with Crippen LogP contribution in [0.3, 0.4) is 0 Å². The average molecular weight is 324 g/mol. The fourth-order valence-corrected chi connectivity index (χ4v) is 4.20. The van der Waals surface area contributed by atoms with Gasteiger partial charge in [-0.3, -0.25) is 9.58 Å². The van der Waals surface area contributed by atoms with Gasteiger partial charge in [0, 0.05) is 43.6 Å². The van der Waals surface area contributed by atoms with Crippen LogP contribution in [-0.4, -0.2) is 46.9 Å². The minimum atomic E-state index is 0.578. The maximum Gasteiger partial charge on any atom is 0.0776 e. The highest BCUT2D eigenvalue weighted by Crippen LogP contribution is 2.30. The number of benzene rings is 1. The molecule has 0 N–H and O–H groups in total. The Hall–Kier alpha value is -1.81. The van der Waals surface area contributed by atoms with Crippen molar-refractivity contribution in [3.63, 3.8) is 0 Å². The van der Waals surface area contributed by atoms with Crippen LogP contribution in [0.15, 0.2) is 30.3 Å². The number of aromatic nitrogens is 2. The third-order valence-corrected chi connectivity index (χ3v) is 5.66. The van der Waals surface area contributed by atoms with Crippen LogP contribution in [0.5, 0.6) is 0 Å². The van der Waals surface area contributed by atoms with Crippen molar-refractivity contribution >= 4 is 5.69 Å². The van der Waals surface area contributed by atoms with Gasteiger partial charge in [-0.1, -0.05) is 17.7 Å². The topological polar surface area (TPSA) is 24.3 Å². The van der Waals surface area contributed by atoms with Crippen LogP contribution in [0, 0.1) is 20.8 Å². The van der Waals surface area contributed by atoms with Gasteiger partial charge in [-0.25, -0.2) is 0 Å². The molecular weight excluding hydrogens is 296 g/mol. The molecule has 2 aromatic rings. The number of hydrogen-bond acceptors (Lipinski definition) is 3. The summed E-state index contributed by atoms with van der Waals surface area (Å²) in [4.78, 5) is 5.20. The van der Waals surface area contributed by atoms with Crippen LogP contribution in [0.2, 0.25) is 0 Å². The molecule has 4 rings (SSSR count). The zero-order chi connectivity index (χ0) is 16.7. The molecule has 0 amide bonds. The quantitative estimate of drug-likeness (QED) is 0.865. The summed E-state index contributed by atoms with van der Waals surface area (Å²) < 4.78 is 2.23. The monoisotopic (exact) mass is 324 g/mol. The molecule has 0 spiro atoms. The van der Waals surface area contributed by atoms with Crippen molar-refractivity contribution < 1.29 is 0 Å². The maximum atomic E-state index is 4.65. The number of likely N-dealkylation sites (tertiary alicyclic amines) is 1. The Morgan fingerprint density at radius 2 is 1.58 bits per heavy atom. The van der Waals surface area contributed by atoms with Gasteiger partial charge in [-0.05, 0) is 51.8 Å². The van der Waals surface area contributed by atoms with Crippen molar-refractivity contribution in [3.8, 4) is 0 Å². The molecule has 24 heavy (non-hydrogen) atoms. The lowest BCUT2D eigenvalue weighted by Gasteiger charge is -2.47. The first-order valence-electron chi connectivity index (χ1n) is 9.18. The van der Waals surface area contributed by atoms with E-state index in [1.54, 1.807) is 0 Å². The molecule has 4 nitrogen and oxygen atoms in total. The zero-order valence-corrected chi connectivity index (χ0v) is 15.1. The summed E-state index contributed by atoms with van der Waals surface area (Å²) in [5.41, 5.74) is 5.15. The summed E-state index contributed by atoms with van der Waals surface area (Å²) in [7, 11) is 0. The minimum absolute atomic E-state index is 0.578. The molecule has 1 aromatic heterocycles. The number of anilines is 1. The van der Waals surface area contributed by atoms with Crippen molar-refractivity contribution in [2.75, 3.05) is 31.1 Å². The van der Waals surface area contributed by atoms with E-state index >= 15 is 0 Å². The van der Waals surface area contributed by atoms with E-state index in [1.807, 2.05) is 0 Å². The maximum absolute atomic E-state index is 4.65. The minimum Gasteiger partial charge on any atom is -0.371 e.